The number of carbonyl (C=O) groups is 2. The third kappa shape index (κ3) is 6.62. The van der Waals surface area contributed by atoms with Gasteiger partial charge in [0.05, 0.1) is 13.2 Å². The quantitative estimate of drug-likeness (QED) is 0.544. The number of rotatable bonds is 7. The third-order valence-corrected chi connectivity index (χ3v) is 4.24. The summed E-state index contributed by atoms with van der Waals surface area (Å²) in [5.41, 5.74) is 1.53. The molecule has 0 heterocycles. The van der Waals surface area contributed by atoms with Crippen LogP contribution in [0.25, 0.3) is 6.08 Å². The summed E-state index contributed by atoms with van der Waals surface area (Å²) in [6, 6.07) is 11.8. The molecule has 0 radical (unpaired) electrons. The predicted molar refractivity (Wildman–Crippen MR) is 106 cm³/mol. The molecule has 0 aliphatic carbocycles. The lowest BCUT2D eigenvalue weighted by atomic mass is 10.1. The van der Waals surface area contributed by atoms with Crippen molar-refractivity contribution in [3.8, 4) is 5.75 Å². The number of hydrogen-bond acceptors (Lipinski definition) is 4. The Morgan fingerprint density at radius 1 is 1.15 bits per heavy atom. The van der Waals surface area contributed by atoms with Crippen molar-refractivity contribution in [2.24, 2.45) is 0 Å². The van der Waals surface area contributed by atoms with Crippen molar-refractivity contribution < 1.29 is 19.1 Å². The van der Waals surface area contributed by atoms with E-state index in [9.17, 15) is 9.59 Å². The molecule has 1 amide bonds. The summed E-state index contributed by atoms with van der Waals surface area (Å²) in [7, 11) is 1.58. The molecule has 0 bridgehead atoms. The van der Waals surface area contributed by atoms with E-state index >= 15 is 0 Å². The Morgan fingerprint density at radius 3 is 2.48 bits per heavy atom. The van der Waals surface area contributed by atoms with Gasteiger partial charge in [-0.15, -0.1) is 0 Å². The van der Waals surface area contributed by atoms with Crippen LogP contribution in [0, 0.1) is 0 Å². The van der Waals surface area contributed by atoms with Crippen LogP contribution >= 0.6 is 23.2 Å². The number of esters is 1. The first-order valence-electron chi connectivity index (χ1n) is 8.12. The van der Waals surface area contributed by atoms with Gasteiger partial charge in [0.2, 0.25) is 0 Å². The van der Waals surface area contributed by atoms with Gasteiger partial charge in [-0.05, 0) is 48.4 Å². The largest absolute Gasteiger partial charge is 0.497 e. The smallest absolute Gasteiger partial charge is 0.331 e. The van der Waals surface area contributed by atoms with Gasteiger partial charge in [-0.25, -0.2) is 4.79 Å². The van der Waals surface area contributed by atoms with Gasteiger partial charge in [0.15, 0.2) is 6.61 Å². The van der Waals surface area contributed by atoms with Crippen molar-refractivity contribution in [2.45, 2.75) is 13.0 Å². The van der Waals surface area contributed by atoms with Crippen LogP contribution in [-0.4, -0.2) is 25.6 Å². The molecule has 0 aromatic heterocycles. The second-order valence-electron chi connectivity index (χ2n) is 5.67. The Kier molecular flexibility index (Phi) is 7.70. The summed E-state index contributed by atoms with van der Waals surface area (Å²) in [6.07, 6.45) is 2.85. The topological polar surface area (TPSA) is 64.6 Å². The van der Waals surface area contributed by atoms with Gasteiger partial charge in [0, 0.05) is 16.1 Å². The number of methoxy groups -OCH3 is 1. The molecular weight excluding hydrogens is 389 g/mol. The maximum atomic E-state index is 12.0. The summed E-state index contributed by atoms with van der Waals surface area (Å²) >= 11 is 12.0. The highest BCUT2D eigenvalue weighted by molar-refractivity contribution is 6.35. The minimum atomic E-state index is -0.613. The van der Waals surface area contributed by atoms with Crippen LogP contribution in [-0.2, 0) is 14.3 Å². The number of carbonyl (C=O) groups excluding carboxylic acids is 2. The van der Waals surface area contributed by atoms with Gasteiger partial charge in [-0.2, -0.15) is 0 Å². The van der Waals surface area contributed by atoms with Gasteiger partial charge in [-0.1, -0.05) is 41.4 Å². The number of halogens is 2. The van der Waals surface area contributed by atoms with Gasteiger partial charge in [0.25, 0.3) is 5.91 Å². The number of amides is 1. The van der Waals surface area contributed by atoms with Crippen LogP contribution in [0.1, 0.15) is 24.1 Å². The normalized spacial score (nSPS) is 11.9. The Morgan fingerprint density at radius 2 is 1.85 bits per heavy atom. The SMILES string of the molecule is COc1ccc(/C=C/C(=O)OCC(=O)N[C@@H](C)c2ccc(Cl)cc2Cl)cc1. The number of nitrogens with one attached hydrogen (secondary N) is 1. The van der Waals surface area contributed by atoms with Crippen LogP contribution in [0.3, 0.4) is 0 Å². The standard InChI is InChI=1S/C20H19Cl2NO4/c1-13(17-9-6-15(21)11-18(17)22)23-19(24)12-27-20(25)10-5-14-3-7-16(26-2)8-4-14/h3-11,13H,12H2,1-2H3,(H,23,24)/b10-5+/t13-/m0/s1. The van der Waals surface area contributed by atoms with E-state index in [1.165, 1.54) is 6.08 Å². The predicted octanol–water partition coefficient (Wildman–Crippen LogP) is 4.44. The van der Waals surface area contributed by atoms with E-state index in [1.54, 1.807) is 62.6 Å². The zero-order valence-corrected chi connectivity index (χ0v) is 16.4. The van der Waals surface area contributed by atoms with Crippen molar-refractivity contribution in [3.63, 3.8) is 0 Å². The first kappa shape index (κ1) is 20.8. The zero-order chi connectivity index (χ0) is 19.8. The second-order valence-corrected chi connectivity index (χ2v) is 6.51. The molecule has 142 valence electrons. The first-order chi connectivity index (χ1) is 12.9. The molecule has 2 rings (SSSR count). The lowest BCUT2D eigenvalue weighted by Gasteiger charge is -2.15. The third-order valence-electron chi connectivity index (χ3n) is 3.68. The summed E-state index contributed by atoms with van der Waals surface area (Å²) in [5, 5.41) is 3.68. The molecule has 0 fully saturated rings. The van der Waals surface area contributed by atoms with Crippen LogP contribution in [0.2, 0.25) is 10.0 Å². The highest BCUT2D eigenvalue weighted by Crippen LogP contribution is 2.26. The van der Waals surface area contributed by atoms with E-state index in [2.05, 4.69) is 5.32 Å². The fraction of sp³-hybridized carbons (Fsp3) is 0.200. The number of benzene rings is 2. The number of hydrogen-bond donors (Lipinski definition) is 1. The zero-order valence-electron chi connectivity index (χ0n) is 14.9. The second kappa shape index (κ2) is 10.00. The molecule has 0 spiro atoms. The molecule has 2 aromatic carbocycles. The summed E-state index contributed by atoms with van der Waals surface area (Å²) in [5.74, 6) is -0.320. The van der Waals surface area contributed by atoms with E-state index < -0.39 is 11.9 Å². The van der Waals surface area contributed by atoms with Gasteiger partial charge >= 0.3 is 5.97 Å². The van der Waals surface area contributed by atoms with E-state index in [0.717, 1.165) is 16.9 Å². The highest BCUT2D eigenvalue weighted by atomic mass is 35.5. The summed E-state index contributed by atoms with van der Waals surface area (Å²) < 4.78 is 10.0. The molecular formula is C20H19Cl2NO4. The van der Waals surface area contributed by atoms with Crippen molar-refractivity contribution in [2.75, 3.05) is 13.7 Å². The molecule has 0 unspecified atom stereocenters. The Hall–Kier alpha value is -2.50. The maximum absolute atomic E-state index is 12.0. The molecule has 0 saturated carbocycles. The van der Waals surface area contributed by atoms with E-state index in [-0.39, 0.29) is 12.6 Å². The Labute approximate surface area is 167 Å². The molecule has 27 heavy (non-hydrogen) atoms. The molecule has 2 aromatic rings. The van der Waals surface area contributed by atoms with E-state index in [1.807, 2.05) is 0 Å². The molecule has 7 heteroatoms. The minimum Gasteiger partial charge on any atom is -0.497 e. The summed E-state index contributed by atoms with van der Waals surface area (Å²) in [6.45, 7) is 1.39. The lowest BCUT2D eigenvalue weighted by molar-refractivity contribution is -0.144. The van der Waals surface area contributed by atoms with Crippen LogP contribution in [0.15, 0.2) is 48.5 Å². The lowest BCUT2D eigenvalue weighted by Crippen LogP contribution is -2.31. The van der Waals surface area contributed by atoms with Gasteiger partial charge < -0.3 is 14.8 Å². The van der Waals surface area contributed by atoms with Crippen molar-refractivity contribution in [1.29, 1.82) is 0 Å². The molecule has 1 atom stereocenters. The van der Waals surface area contributed by atoms with Crippen LogP contribution < -0.4 is 10.1 Å². The van der Waals surface area contributed by atoms with Crippen molar-refractivity contribution in [1.82, 2.24) is 5.32 Å². The van der Waals surface area contributed by atoms with E-state index in [0.29, 0.717) is 10.0 Å². The molecule has 0 aliphatic heterocycles. The van der Waals surface area contributed by atoms with E-state index in [4.69, 9.17) is 32.7 Å². The fourth-order valence-corrected chi connectivity index (χ4v) is 2.85. The molecule has 0 saturated heterocycles. The van der Waals surface area contributed by atoms with Crippen LogP contribution in [0.4, 0.5) is 0 Å². The van der Waals surface area contributed by atoms with Crippen molar-refractivity contribution in [3.05, 3.63) is 69.7 Å². The van der Waals surface area contributed by atoms with Gasteiger partial charge in [-0.3, -0.25) is 4.79 Å². The van der Waals surface area contributed by atoms with Gasteiger partial charge in [0.1, 0.15) is 5.75 Å². The Bertz CT molecular complexity index is 834. The highest BCUT2D eigenvalue weighted by Gasteiger charge is 2.14. The minimum absolute atomic E-state index is 0.351. The average molecular weight is 408 g/mol. The summed E-state index contributed by atoms with van der Waals surface area (Å²) in [4.78, 5) is 23.7. The Balaban J connectivity index is 1.81. The molecule has 1 N–H and O–H groups in total. The van der Waals surface area contributed by atoms with Crippen molar-refractivity contribution >= 4 is 41.2 Å². The van der Waals surface area contributed by atoms with Crippen LogP contribution in [0.5, 0.6) is 5.75 Å². The number of ether oxygens (including phenoxy) is 2. The fourth-order valence-electron chi connectivity index (χ4n) is 2.28. The molecule has 5 nitrogen and oxygen atoms in total. The average Bonchev–Trinajstić information content (AvgIpc) is 2.65. The maximum Gasteiger partial charge on any atom is 0.331 e. The molecule has 0 aliphatic rings. The first-order valence-corrected chi connectivity index (χ1v) is 8.88. The monoisotopic (exact) mass is 407 g/mol.